The van der Waals surface area contributed by atoms with Gasteiger partial charge in [-0.25, -0.2) is 4.39 Å². The monoisotopic (exact) mass is 259 g/mol. The van der Waals surface area contributed by atoms with E-state index in [0.29, 0.717) is 13.2 Å². The molecule has 0 saturated carbocycles. The van der Waals surface area contributed by atoms with Gasteiger partial charge in [0.25, 0.3) is 0 Å². The number of aryl methyl sites for hydroxylation is 1. The van der Waals surface area contributed by atoms with Crippen LogP contribution in [0.3, 0.4) is 0 Å². The van der Waals surface area contributed by atoms with Crippen LogP contribution in [-0.4, -0.2) is 7.11 Å². The highest BCUT2D eigenvalue weighted by Gasteiger charge is 1.99. The summed E-state index contributed by atoms with van der Waals surface area (Å²) in [5.41, 5.74) is 4.02. The van der Waals surface area contributed by atoms with E-state index >= 15 is 0 Å². The third-order valence-corrected chi connectivity index (χ3v) is 2.87. The molecular formula is C16H18FNO. The number of hydrogen-bond acceptors (Lipinski definition) is 2. The van der Waals surface area contributed by atoms with E-state index in [4.69, 9.17) is 4.74 Å². The first kappa shape index (κ1) is 13.6. The molecule has 3 heteroatoms. The van der Waals surface area contributed by atoms with Crippen molar-refractivity contribution in [2.75, 3.05) is 12.4 Å². The van der Waals surface area contributed by atoms with Gasteiger partial charge in [-0.2, -0.15) is 0 Å². The molecule has 2 aromatic carbocycles. The normalized spacial score (nSPS) is 10.5. The molecule has 0 fully saturated rings. The number of nitrogens with one attached hydrogen (secondary N) is 1. The van der Waals surface area contributed by atoms with Gasteiger partial charge in [0, 0.05) is 19.3 Å². The Balaban J connectivity index is 1.98. The van der Waals surface area contributed by atoms with Gasteiger partial charge in [0.05, 0.1) is 6.61 Å². The Morgan fingerprint density at radius 3 is 2.37 bits per heavy atom. The number of methoxy groups -OCH3 is 1. The minimum Gasteiger partial charge on any atom is -0.381 e. The Kier molecular flexibility index (Phi) is 4.53. The van der Waals surface area contributed by atoms with E-state index in [2.05, 4.69) is 5.32 Å². The number of halogens is 1. The molecule has 0 heterocycles. The average molecular weight is 259 g/mol. The van der Waals surface area contributed by atoms with E-state index in [0.717, 1.165) is 22.4 Å². The topological polar surface area (TPSA) is 21.3 Å². The van der Waals surface area contributed by atoms with E-state index in [1.165, 1.54) is 12.1 Å². The molecule has 0 radical (unpaired) electrons. The standard InChI is InChI=1S/C16H18FNO/c1-12-7-15(17)9-16(8-12)18-10-13-3-5-14(6-4-13)11-19-2/h3-9,18H,10-11H2,1-2H3. The van der Waals surface area contributed by atoms with Gasteiger partial charge in [-0.15, -0.1) is 0 Å². The fraction of sp³-hybridized carbons (Fsp3) is 0.250. The third-order valence-electron chi connectivity index (χ3n) is 2.87. The predicted molar refractivity (Wildman–Crippen MR) is 75.6 cm³/mol. The summed E-state index contributed by atoms with van der Waals surface area (Å²) >= 11 is 0. The van der Waals surface area contributed by atoms with Crippen molar-refractivity contribution in [2.24, 2.45) is 0 Å². The summed E-state index contributed by atoms with van der Waals surface area (Å²) in [7, 11) is 1.68. The average Bonchev–Trinajstić information content (AvgIpc) is 2.37. The summed E-state index contributed by atoms with van der Waals surface area (Å²) in [4.78, 5) is 0. The fourth-order valence-corrected chi connectivity index (χ4v) is 1.96. The lowest BCUT2D eigenvalue weighted by atomic mass is 10.1. The Bertz CT molecular complexity index is 517. The molecule has 0 amide bonds. The first-order valence-corrected chi connectivity index (χ1v) is 6.25. The molecule has 0 aromatic heterocycles. The molecule has 0 aliphatic heterocycles. The maximum atomic E-state index is 13.2. The Hall–Kier alpha value is -1.87. The largest absolute Gasteiger partial charge is 0.381 e. The molecule has 0 aliphatic carbocycles. The molecule has 0 spiro atoms. The van der Waals surface area contributed by atoms with Crippen molar-refractivity contribution in [3.05, 3.63) is 65.0 Å². The lowest BCUT2D eigenvalue weighted by molar-refractivity contribution is 0.185. The van der Waals surface area contributed by atoms with E-state index < -0.39 is 0 Å². The molecule has 0 aliphatic rings. The summed E-state index contributed by atoms with van der Waals surface area (Å²) in [6, 6.07) is 13.1. The van der Waals surface area contributed by atoms with Gasteiger partial charge >= 0.3 is 0 Å². The summed E-state index contributed by atoms with van der Waals surface area (Å²) in [6.07, 6.45) is 0. The third kappa shape index (κ3) is 4.07. The van der Waals surface area contributed by atoms with Crippen LogP contribution in [0, 0.1) is 12.7 Å². The number of hydrogen-bond donors (Lipinski definition) is 1. The number of anilines is 1. The van der Waals surface area contributed by atoms with Crippen LogP contribution in [0.25, 0.3) is 0 Å². The van der Waals surface area contributed by atoms with Crippen molar-refractivity contribution in [3.8, 4) is 0 Å². The van der Waals surface area contributed by atoms with Gasteiger partial charge in [-0.1, -0.05) is 24.3 Å². The fourth-order valence-electron chi connectivity index (χ4n) is 1.96. The van der Waals surface area contributed by atoms with E-state index in [9.17, 15) is 4.39 Å². The Labute approximate surface area is 113 Å². The first-order chi connectivity index (χ1) is 9.17. The van der Waals surface area contributed by atoms with Gasteiger partial charge < -0.3 is 10.1 Å². The quantitative estimate of drug-likeness (QED) is 0.879. The van der Waals surface area contributed by atoms with Crippen LogP contribution in [-0.2, 0) is 17.9 Å². The SMILES string of the molecule is COCc1ccc(CNc2cc(C)cc(F)c2)cc1. The predicted octanol–water partition coefficient (Wildman–Crippen LogP) is 3.89. The van der Waals surface area contributed by atoms with Gasteiger partial charge in [0.1, 0.15) is 5.82 Å². The van der Waals surface area contributed by atoms with Crippen molar-refractivity contribution in [1.29, 1.82) is 0 Å². The van der Waals surface area contributed by atoms with Crippen molar-refractivity contribution < 1.29 is 9.13 Å². The lowest BCUT2D eigenvalue weighted by Gasteiger charge is -2.08. The molecular weight excluding hydrogens is 241 g/mol. The minimum absolute atomic E-state index is 0.210. The lowest BCUT2D eigenvalue weighted by Crippen LogP contribution is -2.00. The molecule has 2 rings (SSSR count). The highest BCUT2D eigenvalue weighted by atomic mass is 19.1. The maximum absolute atomic E-state index is 13.2. The number of benzene rings is 2. The second kappa shape index (κ2) is 6.34. The first-order valence-electron chi connectivity index (χ1n) is 6.25. The van der Waals surface area contributed by atoms with Crippen LogP contribution in [0.15, 0.2) is 42.5 Å². The summed E-state index contributed by atoms with van der Waals surface area (Å²) in [5, 5.41) is 3.22. The molecule has 0 unspecified atom stereocenters. The second-order valence-corrected chi connectivity index (χ2v) is 4.62. The van der Waals surface area contributed by atoms with Crippen molar-refractivity contribution in [2.45, 2.75) is 20.1 Å². The van der Waals surface area contributed by atoms with E-state index in [1.807, 2.05) is 37.3 Å². The molecule has 1 N–H and O–H groups in total. The highest BCUT2D eigenvalue weighted by molar-refractivity contribution is 5.46. The minimum atomic E-state index is -0.210. The van der Waals surface area contributed by atoms with Gasteiger partial charge in [-0.05, 0) is 41.8 Å². The van der Waals surface area contributed by atoms with Crippen LogP contribution < -0.4 is 5.32 Å². The number of rotatable bonds is 5. The van der Waals surface area contributed by atoms with Crippen LogP contribution in [0.4, 0.5) is 10.1 Å². The molecule has 2 nitrogen and oxygen atoms in total. The van der Waals surface area contributed by atoms with Crippen LogP contribution in [0.2, 0.25) is 0 Å². The number of ether oxygens (including phenoxy) is 1. The zero-order chi connectivity index (χ0) is 13.7. The summed E-state index contributed by atoms with van der Waals surface area (Å²) < 4.78 is 18.3. The Morgan fingerprint density at radius 2 is 1.74 bits per heavy atom. The van der Waals surface area contributed by atoms with Gasteiger partial charge in [0.15, 0.2) is 0 Å². The smallest absolute Gasteiger partial charge is 0.125 e. The molecule has 0 atom stereocenters. The Morgan fingerprint density at radius 1 is 1.05 bits per heavy atom. The van der Waals surface area contributed by atoms with Crippen LogP contribution in [0.5, 0.6) is 0 Å². The molecule has 0 bridgehead atoms. The van der Waals surface area contributed by atoms with Gasteiger partial charge in [-0.3, -0.25) is 0 Å². The molecule has 0 saturated heterocycles. The zero-order valence-electron chi connectivity index (χ0n) is 11.2. The zero-order valence-corrected chi connectivity index (χ0v) is 11.2. The van der Waals surface area contributed by atoms with Crippen molar-refractivity contribution in [3.63, 3.8) is 0 Å². The maximum Gasteiger partial charge on any atom is 0.125 e. The van der Waals surface area contributed by atoms with E-state index in [-0.39, 0.29) is 5.82 Å². The van der Waals surface area contributed by atoms with E-state index in [1.54, 1.807) is 7.11 Å². The molecule has 19 heavy (non-hydrogen) atoms. The van der Waals surface area contributed by atoms with Crippen molar-refractivity contribution >= 4 is 5.69 Å². The summed E-state index contributed by atoms with van der Waals surface area (Å²) in [5.74, 6) is -0.210. The van der Waals surface area contributed by atoms with Crippen LogP contribution >= 0.6 is 0 Å². The van der Waals surface area contributed by atoms with Crippen LogP contribution in [0.1, 0.15) is 16.7 Å². The summed E-state index contributed by atoms with van der Waals surface area (Å²) in [6.45, 7) is 3.18. The highest BCUT2D eigenvalue weighted by Crippen LogP contribution is 2.15. The molecule has 100 valence electrons. The second-order valence-electron chi connectivity index (χ2n) is 4.62. The van der Waals surface area contributed by atoms with Gasteiger partial charge in [0.2, 0.25) is 0 Å². The molecule has 2 aromatic rings. The van der Waals surface area contributed by atoms with Crippen molar-refractivity contribution in [1.82, 2.24) is 0 Å².